The van der Waals surface area contributed by atoms with E-state index in [2.05, 4.69) is 56.2 Å². The van der Waals surface area contributed by atoms with Gasteiger partial charge in [-0.05, 0) is 34.2 Å². The van der Waals surface area contributed by atoms with E-state index in [0.717, 1.165) is 73.1 Å². The monoisotopic (exact) mass is 390 g/mol. The van der Waals surface area contributed by atoms with E-state index in [1.807, 2.05) is 19.2 Å². The highest BCUT2D eigenvalue weighted by molar-refractivity contribution is 7.98. The van der Waals surface area contributed by atoms with Crippen LogP contribution in [0.4, 0.5) is 17.5 Å². The minimum Gasteiger partial charge on any atom is -0.354 e. The zero-order chi connectivity index (χ0) is 19.4. The molecule has 1 saturated heterocycles. The van der Waals surface area contributed by atoms with Crippen molar-refractivity contribution in [1.82, 2.24) is 30.0 Å². The van der Waals surface area contributed by atoms with Crippen molar-refractivity contribution in [3.8, 4) is 0 Å². The molecule has 0 radical (unpaired) electrons. The fraction of sp³-hybridized carbons (Fsp3) is 0.611. The van der Waals surface area contributed by atoms with E-state index in [1.54, 1.807) is 11.8 Å². The zero-order valence-electron chi connectivity index (χ0n) is 16.9. The number of rotatable bonds is 7. The average molecular weight is 391 g/mol. The first-order chi connectivity index (χ1) is 13.0. The molecule has 1 aliphatic rings. The lowest BCUT2D eigenvalue weighted by molar-refractivity contribution is 0.229. The van der Waals surface area contributed by atoms with Gasteiger partial charge in [-0.2, -0.15) is 5.10 Å². The van der Waals surface area contributed by atoms with Crippen LogP contribution in [0.25, 0.3) is 0 Å². The summed E-state index contributed by atoms with van der Waals surface area (Å²) in [5.41, 5.74) is 2.08. The third kappa shape index (κ3) is 5.12. The molecule has 2 N–H and O–H groups in total. The predicted octanol–water partition coefficient (Wildman–Crippen LogP) is 1.97. The standard InChI is InChI=1S/C18H30N8S/c1-13-12-15(23-22-13)19-16-14(2)17(21-18(20-16)27-5)26-10-8-25(9-11-26)7-6-24(3)4/h12H,6-11H2,1-5H3,(H2,19,20,21,22,23). The fourth-order valence-electron chi connectivity index (χ4n) is 3.13. The van der Waals surface area contributed by atoms with E-state index in [4.69, 9.17) is 4.98 Å². The Morgan fingerprint density at radius 1 is 1.19 bits per heavy atom. The second-order valence-corrected chi connectivity index (χ2v) is 7.97. The Hall–Kier alpha value is -1.84. The van der Waals surface area contributed by atoms with Gasteiger partial charge in [-0.25, -0.2) is 9.97 Å². The van der Waals surface area contributed by atoms with Gasteiger partial charge in [0, 0.05) is 56.6 Å². The SMILES string of the molecule is CSc1nc(Nc2cc(C)[nH]n2)c(C)c(N2CCN(CCN(C)C)CC2)n1. The Balaban J connectivity index is 1.74. The number of piperazine rings is 1. The van der Waals surface area contributed by atoms with Crippen molar-refractivity contribution in [1.29, 1.82) is 0 Å². The van der Waals surface area contributed by atoms with E-state index in [0.29, 0.717) is 0 Å². The number of hydrogen-bond donors (Lipinski definition) is 2. The Labute approximate surface area is 165 Å². The van der Waals surface area contributed by atoms with E-state index < -0.39 is 0 Å². The fourth-order valence-corrected chi connectivity index (χ4v) is 3.49. The smallest absolute Gasteiger partial charge is 0.191 e. The van der Waals surface area contributed by atoms with Gasteiger partial charge in [0.25, 0.3) is 0 Å². The van der Waals surface area contributed by atoms with Gasteiger partial charge in [-0.1, -0.05) is 11.8 Å². The summed E-state index contributed by atoms with van der Waals surface area (Å²) in [7, 11) is 4.25. The van der Waals surface area contributed by atoms with Gasteiger partial charge in [0.05, 0.1) is 0 Å². The van der Waals surface area contributed by atoms with Gasteiger partial charge in [-0.15, -0.1) is 0 Å². The van der Waals surface area contributed by atoms with E-state index in [1.165, 1.54) is 0 Å². The highest BCUT2D eigenvalue weighted by Crippen LogP contribution is 2.29. The molecule has 2 aromatic rings. The van der Waals surface area contributed by atoms with E-state index in [-0.39, 0.29) is 0 Å². The van der Waals surface area contributed by atoms with Crippen LogP contribution in [0.3, 0.4) is 0 Å². The number of likely N-dealkylation sites (N-methyl/N-ethyl adjacent to an activating group) is 1. The van der Waals surface area contributed by atoms with Crippen molar-refractivity contribution >= 4 is 29.2 Å². The highest BCUT2D eigenvalue weighted by atomic mass is 32.2. The first kappa shape index (κ1) is 19.9. The Morgan fingerprint density at radius 3 is 2.52 bits per heavy atom. The number of aryl methyl sites for hydroxylation is 1. The molecule has 1 aliphatic heterocycles. The lowest BCUT2D eigenvalue weighted by atomic mass is 10.2. The second kappa shape index (κ2) is 8.90. The molecule has 0 amide bonds. The van der Waals surface area contributed by atoms with Crippen LogP contribution in [0.2, 0.25) is 0 Å². The first-order valence-electron chi connectivity index (χ1n) is 9.30. The molecule has 1 fully saturated rings. The van der Waals surface area contributed by atoms with Gasteiger partial charge >= 0.3 is 0 Å². The molecule has 0 aromatic carbocycles. The Morgan fingerprint density at radius 2 is 1.93 bits per heavy atom. The van der Waals surface area contributed by atoms with E-state index in [9.17, 15) is 0 Å². The molecule has 2 aromatic heterocycles. The predicted molar refractivity (Wildman–Crippen MR) is 112 cm³/mol. The van der Waals surface area contributed by atoms with Crippen molar-refractivity contribution in [3.05, 3.63) is 17.3 Å². The number of aromatic amines is 1. The molecule has 0 spiro atoms. The topological polar surface area (TPSA) is 76.2 Å². The van der Waals surface area contributed by atoms with Crippen LogP contribution >= 0.6 is 11.8 Å². The summed E-state index contributed by atoms with van der Waals surface area (Å²) in [4.78, 5) is 16.6. The molecule has 0 unspecified atom stereocenters. The maximum absolute atomic E-state index is 4.80. The van der Waals surface area contributed by atoms with Crippen molar-refractivity contribution < 1.29 is 0 Å². The Bertz CT molecular complexity index is 752. The number of thioether (sulfide) groups is 1. The summed E-state index contributed by atoms with van der Waals surface area (Å²) in [6, 6.07) is 1.98. The normalized spacial score (nSPS) is 15.6. The highest BCUT2D eigenvalue weighted by Gasteiger charge is 2.22. The van der Waals surface area contributed by atoms with Crippen molar-refractivity contribution in [2.75, 3.05) is 69.8 Å². The van der Waals surface area contributed by atoms with E-state index >= 15 is 0 Å². The molecule has 148 valence electrons. The third-order valence-corrected chi connectivity index (χ3v) is 5.32. The van der Waals surface area contributed by atoms with Crippen LogP contribution in [0.1, 0.15) is 11.3 Å². The molecule has 3 heterocycles. The summed E-state index contributed by atoms with van der Waals surface area (Å²) in [6.07, 6.45) is 2.01. The molecule has 0 bridgehead atoms. The summed E-state index contributed by atoms with van der Waals surface area (Å²) >= 11 is 1.56. The molecule has 3 rings (SSSR count). The molecule has 0 saturated carbocycles. The van der Waals surface area contributed by atoms with Crippen molar-refractivity contribution in [3.63, 3.8) is 0 Å². The average Bonchev–Trinajstić information content (AvgIpc) is 3.07. The zero-order valence-corrected chi connectivity index (χ0v) is 17.7. The number of aromatic nitrogens is 4. The number of anilines is 3. The number of hydrogen-bond acceptors (Lipinski definition) is 8. The number of H-pyrrole nitrogens is 1. The molecule has 8 nitrogen and oxygen atoms in total. The van der Waals surface area contributed by atoms with Crippen LogP contribution in [-0.4, -0.2) is 89.6 Å². The van der Waals surface area contributed by atoms with Gasteiger partial charge in [0.15, 0.2) is 11.0 Å². The Kier molecular flexibility index (Phi) is 6.56. The minimum absolute atomic E-state index is 0.778. The summed E-state index contributed by atoms with van der Waals surface area (Å²) in [5, 5.41) is 11.3. The molecular weight excluding hydrogens is 360 g/mol. The van der Waals surface area contributed by atoms with Crippen LogP contribution in [0.15, 0.2) is 11.2 Å². The van der Waals surface area contributed by atoms with Gasteiger partial charge < -0.3 is 15.1 Å². The summed E-state index contributed by atoms with van der Waals surface area (Å²) < 4.78 is 0. The lowest BCUT2D eigenvalue weighted by Gasteiger charge is -2.36. The van der Waals surface area contributed by atoms with Crippen LogP contribution in [0, 0.1) is 13.8 Å². The van der Waals surface area contributed by atoms with Crippen LogP contribution < -0.4 is 10.2 Å². The summed E-state index contributed by atoms with van der Waals surface area (Å²) in [6.45, 7) is 10.4. The van der Waals surface area contributed by atoms with Gasteiger partial charge in [0.1, 0.15) is 11.6 Å². The maximum Gasteiger partial charge on any atom is 0.191 e. The van der Waals surface area contributed by atoms with Crippen LogP contribution in [0.5, 0.6) is 0 Å². The first-order valence-corrected chi connectivity index (χ1v) is 10.5. The number of nitrogens with zero attached hydrogens (tertiary/aromatic N) is 6. The second-order valence-electron chi connectivity index (χ2n) is 7.20. The molecule has 27 heavy (non-hydrogen) atoms. The van der Waals surface area contributed by atoms with Crippen molar-refractivity contribution in [2.24, 2.45) is 0 Å². The van der Waals surface area contributed by atoms with Crippen LogP contribution in [-0.2, 0) is 0 Å². The quantitative estimate of drug-likeness (QED) is 0.549. The third-order valence-electron chi connectivity index (χ3n) is 4.77. The molecule has 9 heteroatoms. The number of nitrogens with one attached hydrogen (secondary N) is 2. The molecular formula is C18H30N8S. The minimum atomic E-state index is 0.778. The van der Waals surface area contributed by atoms with Gasteiger partial charge in [-0.3, -0.25) is 10.00 Å². The maximum atomic E-state index is 4.80. The summed E-state index contributed by atoms with van der Waals surface area (Å²) in [5.74, 6) is 2.63. The van der Waals surface area contributed by atoms with Crippen molar-refractivity contribution in [2.45, 2.75) is 19.0 Å². The molecule has 0 atom stereocenters. The molecule has 0 aliphatic carbocycles. The van der Waals surface area contributed by atoms with Gasteiger partial charge in [0.2, 0.25) is 0 Å². The largest absolute Gasteiger partial charge is 0.354 e. The lowest BCUT2D eigenvalue weighted by Crippen LogP contribution is -2.48.